The van der Waals surface area contributed by atoms with Crippen molar-refractivity contribution in [3.63, 3.8) is 0 Å². The SMILES string of the molecule is COc1ncccc1C1=NN(C)C(OC(F)F)=C(Cl)C1. The molecule has 108 valence electrons. The first-order chi connectivity index (χ1) is 9.52. The monoisotopic (exact) mass is 303 g/mol. The van der Waals surface area contributed by atoms with E-state index < -0.39 is 6.61 Å². The third-order valence-corrected chi connectivity index (χ3v) is 2.89. The summed E-state index contributed by atoms with van der Waals surface area (Å²) >= 11 is 6.00. The second kappa shape index (κ2) is 6.04. The molecule has 0 aliphatic carbocycles. The van der Waals surface area contributed by atoms with Gasteiger partial charge in [-0.15, -0.1) is 0 Å². The minimum Gasteiger partial charge on any atom is -0.481 e. The molecule has 0 spiro atoms. The third-order valence-electron chi connectivity index (χ3n) is 2.60. The Kier molecular flexibility index (Phi) is 4.39. The zero-order valence-corrected chi connectivity index (χ0v) is 11.6. The van der Waals surface area contributed by atoms with Gasteiger partial charge >= 0.3 is 6.61 Å². The lowest BCUT2D eigenvalue weighted by molar-refractivity contribution is -0.117. The molecule has 0 bridgehead atoms. The summed E-state index contributed by atoms with van der Waals surface area (Å²) in [4.78, 5) is 4.06. The van der Waals surface area contributed by atoms with Crippen molar-refractivity contribution < 1.29 is 18.3 Å². The number of nitrogens with zero attached hydrogens (tertiary/aromatic N) is 3. The lowest BCUT2D eigenvalue weighted by atomic mass is 10.1. The number of aromatic nitrogens is 1. The van der Waals surface area contributed by atoms with Crippen LogP contribution >= 0.6 is 11.6 Å². The van der Waals surface area contributed by atoms with E-state index in [1.807, 2.05) is 0 Å². The molecule has 8 heteroatoms. The summed E-state index contributed by atoms with van der Waals surface area (Å²) in [6, 6.07) is 3.49. The molecule has 0 amide bonds. The Balaban J connectivity index is 2.30. The molecule has 1 aliphatic heterocycles. The first-order valence-corrected chi connectivity index (χ1v) is 6.04. The first-order valence-electron chi connectivity index (χ1n) is 5.67. The molecule has 5 nitrogen and oxygen atoms in total. The van der Waals surface area contributed by atoms with Gasteiger partial charge in [0, 0.05) is 19.7 Å². The number of hydrogen-bond acceptors (Lipinski definition) is 5. The maximum Gasteiger partial charge on any atom is 0.388 e. The van der Waals surface area contributed by atoms with Gasteiger partial charge in [-0.25, -0.2) is 9.99 Å². The van der Waals surface area contributed by atoms with Gasteiger partial charge in [0.1, 0.15) is 0 Å². The van der Waals surface area contributed by atoms with Gasteiger partial charge < -0.3 is 9.47 Å². The highest BCUT2D eigenvalue weighted by Gasteiger charge is 2.25. The van der Waals surface area contributed by atoms with Crippen molar-refractivity contribution in [2.75, 3.05) is 14.2 Å². The molecule has 2 heterocycles. The van der Waals surface area contributed by atoms with Crippen molar-refractivity contribution in [2.24, 2.45) is 5.10 Å². The summed E-state index contributed by atoms with van der Waals surface area (Å²) in [5, 5.41) is 5.48. The largest absolute Gasteiger partial charge is 0.481 e. The van der Waals surface area contributed by atoms with Crippen molar-refractivity contribution in [1.29, 1.82) is 0 Å². The molecule has 0 saturated carbocycles. The fourth-order valence-corrected chi connectivity index (χ4v) is 2.10. The molecule has 20 heavy (non-hydrogen) atoms. The Morgan fingerprint density at radius 3 is 2.80 bits per heavy atom. The molecule has 0 radical (unpaired) electrons. The van der Waals surface area contributed by atoms with E-state index >= 15 is 0 Å². The van der Waals surface area contributed by atoms with Crippen molar-refractivity contribution >= 4 is 17.3 Å². The highest BCUT2D eigenvalue weighted by atomic mass is 35.5. The van der Waals surface area contributed by atoms with Crippen molar-refractivity contribution in [3.05, 3.63) is 34.8 Å². The lowest BCUT2D eigenvalue weighted by Crippen LogP contribution is -2.24. The molecule has 2 rings (SSSR count). The number of ether oxygens (including phenoxy) is 2. The van der Waals surface area contributed by atoms with Crippen LogP contribution in [0.1, 0.15) is 12.0 Å². The molecule has 1 aromatic rings. The van der Waals surface area contributed by atoms with Crippen LogP contribution in [0.3, 0.4) is 0 Å². The van der Waals surface area contributed by atoms with E-state index in [1.165, 1.54) is 19.2 Å². The fraction of sp³-hybridized carbons (Fsp3) is 0.333. The molecule has 0 atom stereocenters. The van der Waals surface area contributed by atoms with Crippen LogP contribution in [0.15, 0.2) is 34.3 Å². The van der Waals surface area contributed by atoms with Gasteiger partial charge in [0.15, 0.2) is 0 Å². The van der Waals surface area contributed by atoms with E-state index in [1.54, 1.807) is 18.3 Å². The highest BCUT2D eigenvalue weighted by molar-refractivity contribution is 6.32. The molecule has 1 aromatic heterocycles. The number of rotatable bonds is 4. The van der Waals surface area contributed by atoms with Gasteiger partial charge in [0.25, 0.3) is 0 Å². The highest BCUT2D eigenvalue weighted by Crippen LogP contribution is 2.29. The van der Waals surface area contributed by atoms with E-state index in [0.29, 0.717) is 17.2 Å². The Hall–Kier alpha value is -1.89. The quantitative estimate of drug-likeness (QED) is 0.858. The number of alkyl halides is 2. The number of hydrogen-bond donors (Lipinski definition) is 0. The molecular formula is C12H12ClF2N3O2. The van der Waals surface area contributed by atoms with E-state index in [9.17, 15) is 8.78 Å². The van der Waals surface area contributed by atoms with Crippen LogP contribution in [0.25, 0.3) is 0 Å². The standard InChI is InChI=1S/C12H12ClF2N3O2/c1-18-11(20-12(14)15)8(13)6-9(17-18)7-4-3-5-16-10(7)19-2/h3-5,12H,6H2,1-2H3. The summed E-state index contributed by atoms with van der Waals surface area (Å²) in [6.45, 7) is -2.95. The smallest absolute Gasteiger partial charge is 0.388 e. The maximum absolute atomic E-state index is 12.3. The van der Waals surface area contributed by atoms with E-state index in [-0.39, 0.29) is 17.3 Å². The van der Waals surface area contributed by atoms with Crippen LogP contribution < -0.4 is 4.74 Å². The van der Waals surface area contributed by atoms with Crippen LogP contribution in [0, 0.1) is 0 Å². The lowest BCUT2D eigenvalue weighted by Gasteiger charge is -2.25. The summed E-state index contributed by atoms with van der Waals surface area (Å²) in [5.74, 6) is 0.232. The molecular weight excluding hydrogens is 292 g/mol. The minimum atomic E-state index is -2.95. The Morgan fingerprint density at radius 1 is 1.45 bits per heavy atom. The average Bonchev–Trinajstić information content (AvgIpc) is 2.42. The second-order valence-corrected chi connectivity index (χ2v) is 4.35. The zero-order valence-electron chi connectivity index (χ0n) is 10.8. The number of allylic oxidation sites excluding steroid dienone is 1. The van der Waals surface area contributed by atoms with Crippen LogP contribution in [-0.2, 0) is 4.74 Å². The first kappa shape index (κ1) is 14.5. The van der Waals surface area contributed by atoms with Crippen molar-refractivity contribution in [1.82, 2.24) is 9.99 Å². The molecule has 0 unspecified atom stereocenters. The number of halogens is 3. The van der Waals surface area contributed by atoms with Gasteiger partial charge in [0.05, 0.1) is 23.4 Å². The van der Waals surface area contributed by atoms with E-state index in [2.05, 4.69) is 14.8 Å². The Morgan fingerprint density at radius 2 is 2.20 bits per heavy atom. The van der Waals surface area contributed by atoms with Crippen molar-refractivity contribution in [3.8, 4) is 5.88 Å². The van der Waals surface area contributed by atoms with E-state index in [0.717, 1.165) is 0 Å². The van der Waals surface area contributed by atoms with Crippen molar-refractivity contribution in [2.45, 2.75) is 13.0 Å². The maximum atomic E-state index is 12.3. The topological polar surface area (TPSA) is 47.0 Å². The van der Waals surface area contributed by atoms with E-state index in [4.69, 9.17) is 16.3 Å². The normalized spacial score (nSPS) is 15.5. The van der Waals surface area contributed by atoms with Crippen LogP contribution in [-0.4, -0.2) is 36.5 Å². The number of methoxy groups -OCH3 is 1. The second-order valence-electron chi connectivity index (χ2n) is 3.90. The number of hydrazone groups is 1. The molecule has 1 aliphatic rings. The third kappa shape index (κ3) is 2.98. The van der Waals surface area contributed by atoms with Crippen LogP contribution in [0.5, 0.6) is 5.88 Å². The van der Waals surface area contributed by atoms with Gasteiger partial charge in [-0.3, -0.25) is 0 Å². The average molecular weight is 304 g/mol. The van der Waals surface area contributed by atoms with Crippen LogP contribution in [0.4, 0.5) is 8.78 Å². The summed E-state index contributed by atoms with van der Waals surface area (Å²) < 4.78 is 34.1. The van der Waals surface area contributed by atoms with Gasteiger partial charge in [-0.05, 0) is 12.1 Å². The Labute approximate surface area is 119 Å². The zero-order chi connectivity index (χ0) is 14.7. The molecule has 0 N–H and O–H groups in total. The van der Waals surface area contributed by atoms with Gasteiger partial charge in [0.2, 0.25) is 11.8 Å². The summed E-state index contributed by atoms with van der Waals surface area (Å²) in [7, 11) is 2.96. The van der Waals surface area contributed by atoms with Gasteiger partial charge in [-0.2, -0.15) is 13.9 Å². The summed E-state index contributed by atoms with van der Waals surface area (Å²) in [6.07, 6.45) is 1.74. The summed E-state index contributed by atoms with van der Waals surface area (Å²) in [5.41, 5.74) is 1.21. The molecule has 0 saturated heterocycles. The minimum absolute atomic E-state index is 0.142. The number of pyridine rings is 1. The molecule has 0 aromatic carbocycles. The fourth-order valence-electron chi connectivity index (χ4n) is 1.81. The predicted molar refractivity (Wildman–Crippen MR) is 69.7 cm³/mol. The van der Waals surface area contributed by atoms with Gasteiger partial charge in [-0.1, -0.05) is 11.6 Å². The Bertz CT molecular complexity index is 563. The predicted octanol–water partition coefficient (Wildman–Crippen LogP) is 2.78. The van der Waals surface area contributed by atoms with Crippen LogP contribution in [0.2, 0.25) is 0 Å². The molecule has 0 fully saturated rings.